The van der Waals surface area contributed by atoms with Crippen LogP contribution in [0.15, 0.2) is 66.9 Å². The molecule has 0 bridgehead atoms. The molecule has 0 unspecified atom stereocenters. The highest BCUT2D eigenvalue weighted by Crippen LogP contribution is 2.44. The van der Waals surface area contributed by atoms with E-state index >= 15 is 0 Å². The highest BCUT2D eigenvalue weighted by molar-refractivity contribution is 5.92. The standard InChI is InChI=1S/C25H23N3O5/c1-15(12-23(29)28-16-10-11-22(24(30)31)26-13-16)27-25(32)33-14-21-19-8-4-2-6-17(19)18-7-3-5-9-20(18)21/h2-11,13,15,21H,12,14H2,1H3,(H,27,32)(H,28,29)(H,30,31)/t15-/m0/s1. The Morgan fingerprint density at radius 1 is 1.00 bits per heavy atom. The fourth-order valence-electron chi connectivity index (χ4n) is 3.98. The van der Waals surface area contributed by atoms with E-state index in [-0.39, 0.29) is 30.5 Å². The van der Waals surface area contributed by atoms with Crippen molar-refractivity contribution in [1.82, 2.24) is 10.3 Å². The van der Waals surface area contributed by atoms with Gasteiger partial charge in [-0.15, -0.1) is 0 Å². The normalized spacial score (nSPS) is 12.9. The Bertz CT molecular complexity index is 1150. The molecule has 4 rings (SSSR count). The summed E-state index contributed by atoms with van der Waals surface area (Å²) >= 11 is 0. The summed E-state index contributed by atoms with van der Waals surface area (Å²) in [5.41, 5.74) is 4.82. The number of carbonyl (C=O) groups is 3. The first kappa shape index (κ1) is 22.0. The summed E-state index contributed by atoms with van der Waals surface area (Å²) < 4.78 is 5.50. The molecular formula is C25H23N3O5. The number of nitrogens with one attached hydrogen (secondary N) is 2. The SMILES string of the molecule is C[C@@H](CC(=O)Nc1ccc(C(=O)O)nc1)NC(=O)OCC1c2ccccc2-c2ccccc21. The van der Waals surface area contributed by atoms with Gasteiger partial charge in [0.05, 0.1) is 11.9 Å². The summed E-state index contributed by atoms with van der Waals surface area (Å²) in [6.45, 7) is 1.90. The van der Waals surface area contributed by atoms with Crippen LogP contribution in [0.1, 0.15) is 40.9 Å². The molecule has 2 aromatic carbocycles. The summed E-state index contributed by atoms with van der Waals surface area (Å²) in [5.74, 6) is -1.52. The number of nitrogens with zero attached hydrogens (tertiary/aromatic N) is 1. The van der Waals surface area contributed by atoms with Crippen molar-refractivity contribution in [2.45, 2.75) is 25.3 Å². The molecule has 3 aromatic rings. The van der Waals surface area contributed by atoms with Gasteiger partial charge in [0.2, 0.25) is 5.91 Å². The van der Waals surface area contributed by atoms with Crippen molar-refractivity contribution in [2.24, 2.45) is 0 Å². The van der Waals surface area contributed by atoms with Crippen LogP contribution in [-0.2, 0) is 9.53 Å². The number of carboxylic acids is 1. The minimum Gasteiger partial charge on any atom is -0.477 e. The highest BCUT2D eigenvalue weighted by Gasteiger charge is 2.29. The highest BCUT2D eigenvalue weighted by atomic mass is 16.5. The van der Waals surface area contributed by atoms with Gasteiger partial charge in [0.25, 0.3) is 0 Å². The van der Waals surface area contributed by atoms with Crippen LogP contribution in [0.2, 0.25) is 0 Å². The van der Waals surface area contributed by atoms with E-state index in [4.69, 9.17) is 9.84 Å². The number of aromatic nitrogens is 1. The van der Waals surface area contributed by atoms with Crippen LogP contribution >= 0.6 is 0 Å². The van der Waals surface area contributed by atoms with E-state index < -0.39 is 18.1 Å². The average Bonchev–Trinajstić information content (AvgIpc) is 3.11. The summed E-state index contributed by atoms with van der Waals surface area (Å²) in [6, 6.07) is 18.5. The van der Waals surface area contributed by atoms with Gasteiger partial charge in [-0.2, -0.15) is 0 Å². The number of anilines is 1. The summed E-state index contributed by atoms with van der Waals surface area (Å²) in [4.78, 5) is 39.2. The van der Waals surface area contributed by atoms with E-state index in [9.17, 15) is 14.4 Å². The molecular weight excluding hydrogens is 422 g/mol. The van der Waals surface area contributed by atoms with Gasteiger partial charge >= 0.3 is 12.1 Å². The zero-order chi connectivity index (χ0) is 23.4. The topological polar surface area (TPSA) is 118 Å². The lowest BCUT2D eigenvalue weighted by molar-refractivity contribution is -0.116. The van der Waals surface area contributed by atoms with Crippen LogP contribution < -0.4 is 10.6 Å². The molecule has 1 heterocycles. The van der Waals surface area contributed by atoms with Crippen molar-refractivity contribution in [2.75, 3.05) is 11.9 Å². The summed E-state index contributed by atoms with van der Waals surface area (Å²) in [7, 11) is 0. The number of carbonyl (C=O) groups excluding carboxylic acids is 2. The Hall–Kier alpha value is -4.20. The van der Waals surface area contributed by atoms with E-state index in [0.29, 0.717) is 5.69 Å². The van der Waals surface area contributed by atoms with Crippen molar-refractivity contribution in [1.29, 1.82) is 0 Å². The van der Waals surface area contributed by atoms with Gasteiger partial charge in [-0.05, 0) is 41.3 Å². The second-order valence-electron chi connectivity index (χ2n) is 7.86. The Kier molecular flexibility index (Phi) is 6.35. The Morgan fingerprint density at radius 3 is 2.21 bits per heavy atom. The third kappa shape index (κ3) is 5.01. The van der Waals surface area contributed by atoms with Crippen molar-refractivity contribution in [3.05, 3.63) is 83.7 Å². The van der Waals surface area contributed by atoms with Gasteiger partial charge < -0.3 is 20.5 Å². The molecule has 3 N–H and O–H groups in total. The van der Waals surface area contributed by atoms with Crippen LogP contribution in [0.5, 0.6) is 0 Å². The number of aromatic carboxylic acids is 1. The third-order valence-electron chi connectivity index (χ3n) is 5.47. The largest absolute Gasteiger partial charge is 0.477 e. The second-order valence-corrected chi connectivity index (χ2v) is 7.86. The number of pyridine rings is 1. The minimum absolute atomic E-state index is 0.0187. The monoisotopic (exact) mass is 445 g/mol. The molecule has 2 amide bonds. The van der Waals surface area contributed by atoms with Gasteiger partial charge in [-0.25, -0.2) is 14.6 Å². The van der Waals surface area contributed by atoms with Gasteiger partial charge in [0.15, 0.2) is 0 Å². The first-order chi connectivity index (χ1) is 15.9. The fourth-order valence-corrected chi connectivity index (χ4v) is 3.98. The van der Waals surface area contributed by atoms with Crippen LogP contribution in [0, 0.1) is 0 Å². The van der Waals surface area contributed by atoms with E-state index in [1.54, 1.807) is 6.92 Å². The Morgan fingerprint density at radius 2 is 1.64 bits per heavy atom. The number of hydrogen-bond acceptors (Lipinski definition) is 5. The number of carboxylic acid groups (broad SMARTS) is 1. The lowest BCUT2D eigenvalue weighted by Gasteiger charge is -2.17. The van der Waals surface area contributed by atoms with Crippen LogP contribution in [0.25, 0.3) is 11.1 Å². The van der Waals surface area contributed by atoms with Gasteiger partial charge in [-0.1, -0.05) is 48.5 Å². The molecule has 0 saturated heterocycles. The van der Waals surface area contributed by atoms with Crippen molar-refractivity contribution >= 4 is 23.7 Å². The number of benzene rings is 2. The second kappa shape index (κ2) is 9.52. The molecule has 1 aliphatic rings. The van der Waals surface area contributed by atoms with Gasteiger partial charge in [0, 0.05) is 18.4 Å². The fraction of sp³-hybridized carbons (Fsp3) is 0.200. The first-order valence-corrected chi connectivity index (χ1v) is 10.5. The van der Waals surface area contributed by atoms with Crippen molar-refractivity contribution in [3.63, 3.8) is 0 Å². The molecule has 8 nitrogen and oxygen atoms in total. The maximum absolute atomic E-state index is 12.3. The van der Waals surface area contributed by atoms with Crippen molar-refractivity contribution < 1.29 is 24.2 Å². The molecule has 0 spiro atoms. The Balaban J connectivity index is 1.28. The zero-order valence-corrected chi connectivity index (χ0v) is 17.9. The number of hydrogen-bond donors (Lipinski definition) is 3. The molecule has 168 valence electrons. The predicted octanol–water partition coefficient (Wildman–Crippen LogP) is 4.04. The van der Waals surface area contributed by atoms with Crippen molar-refractivity contribution in [3.8, 4) is 11.1 Å². The number of ether oxygens (including phenoxy) is 1. The number of fused-ring (bicyclic) bond motifs is 3. The predicted molar refractivity (Wildman–Crippen MR) is 122 cm³/mol. The van der Waals surface area contributed by atoms with E-state index in [1.807, 2.05) is 36.4 Å². The molecule has 1 aliphatic carbocycles. The lowest BCUT2D eigenvalue weighted by Crippen LogP contribution is -2.36. The van der Waals surface area contributed by atoms with Gasteiger partial charge in [-0.3, -0.25) is 4.79 Å². The maximum Gasteiger partial charge on any atom is 0.407 e. The average molecular weight is 445 g/mol. The number of alkyl carbamates (subject to hydrolysis) is 1. The molecule has 0 saturated carbocycles. The lowest BCUT2D eigenvalue weighted by atomic mass is 9.98. The number of rotatable bonds is 7. The maximum atomic E-state index is 12.3. The van der Waals surface area contributed by atoms with Crippen LogP contribution in [-0.4, -0.2) is 40.7 Å². The zero-order valence-electron chi connectivity index (χ0n) is 17.9. The third-order valence-corrected chi connectivity index (χ3v) is 5.47. The van der Waals surface area contributed by atoms with E-state index in [2.05, 4.69) is 27.8 Å². The summed E-state index contributed by atoms with van der Waals surface area (Å²) in [6.07, 6.45) is 0.695. The van der Waals surface area contributed by atoms with Crippen LogP contribution in [0.4, 0.5) is 10.5 Å². The Labute approximate surface area is 190 Å². The minimum atomic E-state index is -1.14. The molecule has 1 atom stereocenters. The molecule has 8 heteroatoms. The summed E-state index contributed by atoms with van der Waals surface area (Å²) in [5, 5.41) is 14.2. The smallest absolute Gasteiger partial charge is 0.407 e. The quantitative estimate of drug-likeness (QED) is 0.505. The van der Waals surface area contributed by atoms with Crippen LogP contribution in [0.3, 0.4) is 0 Å². The number of amides is 2. The first-order valence-electron chi connectivity index (χ1n) is 10.5. The molecule has 0 aliphatic heterocycles. The molecule has 1 aromatic heterocycles. The van der Waals surface area contributed by atoms with E-state index in [1.165, 1.54) is 18.3 Å². The molecule has 0 radical (unpaired) electrons. The molecule has 33 heavy (non-hydrogen) atoms. The van der Waals surface area contributed by atoms with Gasteiger partial charge in [0.1, 0.15) is 12.3 Å². The van der Waals surface area contributed by atoms with E-state index in [0.717, 1.165) is 22.3 Å². The molecule has 0 fully saturated rings.